The lowest BCUT2D eigenvalue weighted by molar-refractivity contribution is -0.118. The van der Waals surface area contributed by atoms with Crippen LogP contribution in [0.5, 0.6) is 11.5 Å². The molecule has 0 aliphatic rings. The first kappa shape index (κ1) is 20.8. The highest BCUT2D eigenvalue weighted by Gasteiger charge is 2.13. The minimum atomic E-state index is -0.443. The Morgan fingerprint density at radius 3 is 1.93 bits per heavy atom. The van der Waals surface area contributed by atoms with Gasteiger partial charge in [-0.05, 0) is 66.7 Å². The Labute approximate surface area is 171 Å². The van der Waals surface area contributed by atoms with Crippen molar-refractivity contribution >= 4 is 23.2 Å². The van der Waals surface area contributed by atoms with Crippen molar-refractivity contribution < 1.29 is 27.8 Å². The minimum Gasteiger partial charge on any atom is -0.493 e. The number of rotatable bonds is 7. The number of methoxy groups -OCH3 is 1. The fourth-order valence-electron chi connectivity index (χ4n) is 2.54. The average Bonchev–Trinajstić information content (AvgIpc) is 2.75. The highest BCUT2D eigenvalue weighted by Crippen LogP contribution is 2.28. The van der Waals surface area contributed by atoms with Gasteiger partial charge in [0.1, 0.15) is 11.6 Å². The fraction of sp³-hybridized carbons (Fsp3) is 0.0909. The van der Waals surface area contributed by atoms with E-state index in [2.05, 4.69) is 10.6 Å². The van der Waals surface area contributed by atoms with E-state index in [1.165, 1.54) is 73.8 Å². The second kappa shape index (κ2) is 9.51. The second-order valence-electron chi connectivity index (χ2n) is 6.17. The Balaban J connectivity index is 1.61. The van der Waals surface area contributed by atoms with Crippen LogP contribution in [-0.4, -0.2) is 25.5 Å². The lowest BCUT2D eigenvalue weighted by Gasteiger charge is -2.12. The number of halogens is 2. The second-order valence-corrected chi connectivity index (χ2v) is 6.17. The molecular weight excluding hydrogens is 394 g/mol. The fourth-order valence-corrected chi connectivity index (χ4v) is 2.54. The third kappa shape index (κ3) is 5.54. The Morgan fingerprint density at radius 2 is 1.37 bits per heavy atom. The number of benzene rings is 3. The van der Waals surface area contributed by atoms with E-state index in [1.807, 2.05) is 0 Å². The molecule has 0 heterocycles. The zero-order valence-electron chi connectivity index (χ0n) is 15.9. The molecule has 6 nitrogen and oxygen atoms in total. The molecule has 2 amide bonds. The number of carbonyl (C=O) groups is 2. The van der Waals surface area contributed by atoms with Crippen molar-refractivity contribution in [3.05, 3.63) is 83.9 Å². The lowest BCUT2D eigenvalue weighted by atomic mass is 10.2. The summed E-state index contributed by atoms with van der Waals surface area (Å²) in [7, 11) is 1.41. The molecule has 0 aliphatic carbocycles. The molecule has 3 aromatic carbocycles. The van der Waals surface area contributed by atoms with E-state index in [0.717, 1.165) is 0 Å². The Hall–Kier alpha value is -3.94. The van der Waals surface area contributed by atoms with Gasteiger partial charge < -0.3 is 20.1 Å². The molecule has 0 bridgehead atoms. The summed E-state index contributed by atoms with van der Waals surface area (Å²) in [6.07, 6.45) is 0. The number of hydrogen-bond donors (Lipinski definition) is 2. The molecule has 0 saturated carbocycles. The highest BCUT2D eigenvalue weighted by atomic mass is 19.1. The summed E-state index contributed by atoms with van der Waals surface area (Å²) in [6, 6.07) is 15.2. The van der Waals surface area contributed by atoms with Gasteiger partial charge in [0.15, 0.2) is 18.1 Å². The summed E-state index contributed by atoms with van der Waals surface area (Å²) in [5.74, 6) is -1.14. The third-order valence-corrected chi connectivity index (χ3v) is 4.01. The summed E-state index contributed by atoms with van der Waals surface area (Å²) in [6.45, 7) is -0.311. The van der Waals surface area contributed by atoms with Crippen molar-refractivity contribution in [3.8, 4) is 11.5 Å². The van der Waals surface area contributed by atoms with Crippen molar-refractivity contribution in [2.75, 3.05) is 24.4 Å². The van der Waals surface area contributed by atoms with Crippen molar-refractivity contribution in [1.29, 1.82) is 0 Å². The van der Waals surface area contributed by atoms with Crippen LogP contribution in [0.3, 0.4) is 0 Å². The summed E-state index contributed by atoms with van der Waals surface area (Å²) < 4.78 is 36.6. The summed E-state index contributed by atoms with van der Waals surface area (Å²) in [4.78, 5) is 24.4. The molecule has 30 heavy (non-hydrogen) atoms. The van der Waals surface area contributed by atoms with E-state index in [1.54, 1.807) is 0 Å². The SMILES string of the molecule is COc1cc(C(=O)Nc2ccc(F)cc2)ccc1OCC(=O)Nc1ccc(F)cc1. The maximum absolute atomic E-state index is 13.0. The van der Waals surface area contributed by atoms with Crippen LogP contribution in [-0.2, 0) is 4.79 Å². The number of hydrogen-bond acceptors (Lipinski definition) is 4. The van der Waals surface area contributed by atoms with E-state index >= 15 is 0 Å². The van der Waals surface area contributed by atoms with Crippen LogP contribution in [0, 0.1) is 11.6 Å². The largest absolute Gasteiger partial charge is 0.493 e. The molecule has 0 saturated heterocycles. The third-order valence-electron chi connectivity index (χ3n) is 4.01. The van der Waals surface area contributed by atoms with Gasteiger partial charge in [-0.2, -0.15) is 0 Å². The van der Waals surface area contributed by atoms with E-state index < -0.39 is 23.4 Å². The molecule has 3 aromatic rings. The van der Waals surface area contributed by atoms with Crippen LogP contribution in [0.25, 0.3) is 0 Å². The number of anilines is 2. The Kier molecular flexibility index (Phi) is 6.59. The van der Waals surface area contributed by atoms with Gasteiger partial charge in [-0.25, -0.2) is 8.78 Å². The minimum absolute atomic E-state index is 0.260. The lowest BCUT2D eigenvalue weighted by Crippen LogP contribution is -2.20. The normalized spacial score (nSPS) is 10.2. The first-order valence-electron chi connectivity index (χ1n) is 8.88. The molecular formula is C22H18F2N2O4. The van der Waals surface area contributed by atoms with Crippen LogP contribution in [0.15, 0.2) is 66.7 Å². The quantitative estimate of drug-likeness (QED) is 0.609. The molecule has 3 rings (SSSR count). The average molecular weight is 412 g/mol. The van der Waals surface area contributed by atoms with E-state index in [4.69, 9.17) is 9.47 Å². The van der Waals surface area contributed by atoms with Crippen molar-refractivity contribution in [3.63, 3.8) is 0 Å². The van der Waals surface area contributed by atoms with Gasteiger partial charge in [0, 0.05) is 16.9 Å². The van der Waals surface area contributed by atoms with Crippen molar-refractivity contribution in [1.82, 2.24) is 0 Å². The van der Waals surface area contributed by atoms with E-state index in [9.17, 15) is 18.4 Å². The van der Waals surface area contributed by atoms with Gasteiger partial charge in [-0.3, -0.25) is 9.59 Å². The first-order valence-corrected chi connectivity index (χ1v) is 8.88. The zero-order chi connectivity index (χ0) is 21.5. The molecule has 0 spiro atoms. The van der Waals surface area contributed by atoms with Crippen molar-refractivity contribution in [2.45, 2.75) is 0 Å². The van der Waals surface area contributed by atoms with Gasteiger partial charge in [0.2, 0.25) is 0 Å². The molecule has 0 fully saturated rings. The number of ether oxygens (including phenoxy) is 2. The van der Waals surface area contributed by atoms with E-state index in [0.29, 0.717) is 16.9 Å². The Morgan fingerprint density at radius 1 is 0.800 bits per heavy atom. The molecule has 8 heteroatoms. The van der Waals surface area contributed by atoms with Crippen LogP contribution in [0.1, 0.15) is 10.4 Å². The predicted octanol–water partition coefficient (Wildman–Crippen LogP) is 4.24. The van der Waals surface area contributed by atoms with Gasteiger partial charge in [-0.1, -0.05) is 0 Å². The maximum atomic E-state index is 13.0. The van der Waals surface area contributed by atoms with Gasteiger partial charge in [0.25, 0.3) is 11.8 Å². The van der Waals surface area contributed by atoms with Crippen LogP contribution in [0.2, 0.25) is 0 Å². The van der Waals surface area contributed by atoms with E-state index in [-0.39, 0.29) is 18.1 Å². The molecule has 0 unspecified atom stereocenters. The number of amides is 2. The summed E-state index contributed by atoms with van der Waals surface area (Å²) in [5, 5.41) is 5.22. The summed E-state index contributed by atoms with van der Waals surface area (Å²) in [5.41, 5.74) is 1.17. The molecule has 154 valence electrons. The van der Waals surface area contributed by atoms with Crippen LogP contribution < -0.4 is 20.1 Å². The maximum Gasteiger partial charge on any atom is 0.262 e. The first-order chi connectivity index (χ1) is 14.4. The van der Waals surface area contributed by atoms with Gasteiger partial charge in [-0.15, -0.1) is 0 Å². The molecule has 0 aliphatic heterocycles. The Bertz CT molecular complexity index is 1040. The number of carbonyl (C=O) groups excluding carboxylic acids is 2. The molecule has 0 aromatic heterocycles. The summed E-state index contributed by atoms with van der Waals surface area (Å²) >= 11 is 0. The smallest absolute Gasteiger partial charge is 0.262 e. The van der Waals surface area contributed by atoms with Gasteiger partial charge >= 0.3 is 0 Å². The zero-order valence-corrected chi connectivity index (χ0v) is 15.9. The monoisotopic (exact) mass is 412 g/mol. The number of nitrogens with one attached hydrogen (secondary N) is 2. The molecule has 2 N–H and O–H groups in total. The highest BCUT2D eigenvalue weighted by molar-refractivity contribution is 6.04. The van der Waals surface area contributed by atoms with Gasteiger partial charge in [0.05, 0.1) is 7.11 Å². The predicted molar refractivity (Wildman–Crippen MR) is 108 cm³/mol. The van der Waals surface area contributed by atoms with Crippen LogP contribution >= 0.6 is 0 Å². The van der Waals surface area contributed by atoms with Crippen LogP contribution in [0.4, 0.5) is 20.2 Å². The standard InChI is InChI=1S/C22H18F2N2O4/c1-29-20-12-14(22(28)26-18-9-5-16(24)6-10-18)2-11-19(20)30-13-21(27)25-17-7-3-15(23)4-8-17/h2-12H,13H2,1H3,(H,25,27)(H,26,28). The van der Waals surface area contributed by atoms with Crippen molar-refractivity contribution in [2.24, 2.45) is 0 Å². The molecule has 0 atom stereocenters. The topological polar surface area (TPSA) is 76.7 Å². The molecule has 0 radical (unpaired) electrons.